The highest BCUT2D eigenvalue weighted by Crippen LogP contribution is 2.43. The number of carbonyl (C=O) groups is 1. The van der Waals surface area contributed by atoms with Crippen LogP contribution in [0.3, 0.4) is 0 Å². The van der Waals surface area contributed by atoms with Gasteiger partial charge in [-0.2, -0.15) is 0 Å². The van der Waals surface area contributed by atoms with E-state index in [9.17, 15) is 9.18 Å². The smallest absolute Gasteiger partial charge is 0.225 e. The molecular formula is C19H13BrFNO. The van der Waals surface area contributed by atoms with Crippen molar-refractivity contribution < 1.29 is 9.18 Å². The Balaban J connectivity index is 2.01. The number of halogens is 2. The maximum Gasteiger partial charge on any atom is 0.225 e. The Labute approximate surface area is 141 Å². The van der Waals surface area contributed by atoms with Gasteiger partial charge in [0.1, 0.15) is 5.82 Å². The van der Waals surface area contributed by atoms with Crippen molar-refractivity contribution in [1.29, 1.82) is 0 Å². The van der Waals surface area contributed by atoms with Crippen LogP contribution in [0, 0.1) is 5.82 Å². The van der Waals surface area contributed by atoms with Crippen LogP contribution in [0.25, 0.3) is 10.8 Å². The van der Waals surface area contributed by atoms with Crippen LogP contribution < -0.4 is 5.32 Å². The number of carbonyl (C=O) groups excluding carboxylic acids is 1. The summed E-state index contributed by atoms with van der Waals surface area (Å²) >= 11 is 3.60. The molecule has 1 N–H and O–H groups in total. The summed E-state index contributed by atoms with van der Waals surface area (Å²) in [4.78, 5) is 12.2. The third-order valence-corrected chi connectivity index (χ3v) is 4.99. The summed E-state index contributed by atoms with van der Waals surface area (Å²) in [5, 5.41) is 4.96. The second kappa shape index (κ2) is 5.46. The molecule has 0 spiro atoms. The molecule has 0 aliphatic carbocycles. The molecule has 0 bridgehead atoms. The average Bonchev–Trinajstić information content (AvgIpc) is 2.56. The van der Waals surface area contributed by atoms with E-state index in [1.54, 1.807) is 18.2 Å². The lowest BCUT2D eigenvalue weighted by atomic mass is 9.83. The first-order valence-electron chi connectivity index (χ1n) is 7.40. The van der Waals surface area contributed by atoms with Gasteiger partial charge in [-0.1, -0.05) is 58.4 Å². The zero-order valence-electron chi connectivity index (χ0n) is 12.1. The molecule has 1 heterocycles. The minimum absolute atomic E-state index is 0.0850. The number of nitrogens with one attached hydrogen (secondary N) is 1. The summed E-state index contributed by atoms with van der Waals surface area (Å²) in [6, 6.07) is 16.5. The standard InChI is InChI=1S/C19H13BrFNO/c20-16-9-15-14(12-6-3-4-8-17(12)21)10-18(23)22-19(15)13-7-2-1-5-11(13)16/h1-9,14H,10H2,(H,22,23)/t14-/m1/s1. The normalized spacial score (nSPS) is 17.0. The van der Waals surface area contributed by atoms with Crippen LogP contribution in [0.1, 0.15) is 23.5 Å². The van der Waals surface area contributed by atoms with Gasteiger partial charge in [0, 0.05) is 22.2 Å². The predicted octanol–water partition coefficient (Wildman–Crippen LogP) is 5.22. The van der Waals surface area contributed by atoms with Crippen molar-refractivity contribution in [2.24, 2.45) is 0 Å². The molecule has 1 aliphatic rings. The van der Waals surface area contributed by atoms with Crippen LogP contribution in [0.4, 0.5) is 10.1 Å². The fourth-order valence-corrected chi connectivity index (χ4v) is 3.88. The van der Waals surface area contributed by atoms with E-state index in [-0.39, 0.29) is 24.1 Å². The second-order valence-electron chi connectivity index (χ2n) is 5.69. The molecule has 114 valence electrons. The Morgan fingerprint density at radius 1 is 1.00 bits per heavy atom. The van der Waals surface area contributed by atoms with Crippen molar-refractivity contribution >= 4 is 38.3 Å². The highest BCUT2D eigenvalue weighted by Gasteiger charge is 2.30. The second-order valence-corrected chi connectivity index (χ2v) is 6.55. The van der Waals surface area contributed by atoms with Crippen molar-refractivity contribution in [1.82, 2.24) is 0 Å². The van der Waals surface area contributed by atoms with E-state index in [0.29, 0.717) is 5.56 Å². The summed E-state index contributed by atoms with van der Waals surface area (Å²) in [6.45, 7) is 0. The quantitative estimate of drug-likeness (QED) is 0.626. The number of benzene rings is 3. The molecule has 23 heavy (non-hydrogen) atoms. The first kappa shape index (κ1) is 14.4. The van der Waals surface area contributed by atoms with E-state index in [4.69, 9.17) is 0 Å². The molecular weight excluding hydrogens is 357 g/mol. The number of hydrogen-bond donors (Lipinski definition) is 1. The van der Waals surface area contributed by atoms with E-state index in [1.165, 1.54) is 6.07 Å². The lowest BCUT2D eigenvalue weighted by Gasteiger charge is -2.28. The summed E-state index contributed by atoms with van der Waals surface area (Å²) < 4.78 is 15.2. The van der Waals surface area contributed by atoms with E-state index < -0.39 is 0 Å². The molecule has 1 aliphatic heterocycles. The highest BCUT2D eigenvalue weighted by molar-refractivity contribution is 9.10. The summed E-state index contributed by atoms with van der Waals surface area (Å²) in [5.74, 6) is -0.637. The SMILES string of the molecule is O=C1C[C@H](c2ccccc2F)c2cc(Br)c3ccccc3c2N1. The lowest BCUT2D eigenvalue weighted by Crippen LogP contribution is -2.24. The van der Waals surface area contributed by atoms with Gasteiger partial charge in [0.05, 0.1) is 5.69 Å². The molecule has 0 radical (unpaired) electrons. The van der Waals surface area contributed by atoms with E-state index in [2.05, 4.69) is 21.2 Å². The van der Waals surface area contributed by atoms with Crippen molar-refractivity contribution in [3.05, 3.63) is 76.0 Å². The van der Waals surface area contributed by atoms with Crippen molar-refractivity contribution in [3.8, 4) is 0 Å². The highest BCUT2D eigenvalue weighted by atomic mass is 79.9. The molecule has 0 saturated heterocycles. The first-order valence-corrected chi connectivity index (χ1v) is 8.20. The minimum Gasteiger partial charge on any atom is -0.325 e. The Bertz CT molecular complexity index is 938. The van der Waals surface area contributed by atoms with Gasteiger partial charge in [0.2, 0.25) is 5.91 Å². The molecule has 0 fully saturated rings. The fourth-order valence-electron chi connectivity index (χ4n) is 3.29. The van der Waals surface area contributed by atoms with Gasteiger partial charge in [-0.15, -0.1) is 0 Å². The Morgan fingerprint density at radius 3 is 2.48 bits per heavy atom. The third-order valence-electron chi connectivity index (χ3n) is 4.33. The van der Waals surface area contributed by atoms with E-state index >= 15 is 0 Å². The number of hydrogen-bond acceptors (Lipinski definition) is 1. The number of rotatable bonds is 1. The molecule has 0 saturated carbocycles. The van der Waals surface area contributed by atoms with Gasteiger partial charge in [0.25, 0.3) is 0 Å². The van der Waals surface area contributed by atoms with Gasteiger partial charge < -0.3 is 5.32 Å². The fraction of sp³-hybridized carbons (Fsp3) is 0.105. The van der Waals surface area contributed by atoms with Crippen LogP contribution in [0.15, 0.2) is 59.1 Å². The van der Waals surface area contributed by atoms with Gasteiger partial charge >= 0.3 is 0 Å². The average molecular weight is 370 g/mol. The zero-order valence-corrected chi connectivity index (χ0v) is 13.7. The van der Waals surface area contributed by atoms with Crippen molar-refractivity contribution in [3.63, 3.8) is 0 Å². The van der Waals surface area contributed by atoms with Crippen LogP contribution in [-0.2, 0) is 4.79 Å². The maximum absolute atomic E-state index is 14.3. The molecule has 2 nitrogen and oxygen atoms in total. The maximum atomic E-state index is 14.3. The van der Waals surface area contributed by atoms with E-state index in [0.717, 1.165) is 26.5 Å². The number of amides is 1. The largest absolute Gasteiger partial charge is 0.325 e. The topological polar surface area (TPSA) is 29.1 Å². The van der Waals surface area contributed by atoms with Gasteiger partial charge in [0.15, 0.2) is 0 Å². The summed E-state index contributed by atoms with van der Waals surface area (Å²) in [6.07, 6.45) is 0.249. The predicted molar refractivity (Wildman–Crippen MR) is 93.1 cm³/mol. The van der Waals surface area contributed by atoms with Crippen molar-refractivity contribution in [2.45, 2.75) is 12.3 Å². The molecule has 0 unspecified atom stereocenters. The zero-order chi connectivity index (χ0) is 16.0. The number of fused-ring (bicyclic) bond motifs is 3. The third kappa shape index (κ3) is 2.34. The lowest BCUT2D eigenvalue weighted by molar-refractivity contribution is -0.116. The Hall–Kier alpha value is -2.20. The first-order chi connectivity index (χ1) is 11.1. The van der Waals surface area contributed by atoms with Crippen molar-refractivity contribution in [2.75, 3.05) is 5.32 Å². The van der Waals surface area contributed by atoms with Crippen LogP contribution in [-0.4, -0.2) is 5.91 Å². The molecule has 4 rings (SSSR count). The van der Waals surface area contributed by atoms with Crippen LogP contribution in [0.2, 0.25) is 0 Å². The molecule has 3 aromatic rings. The van der Waals surface area contributed by atoms with Crippen LogP contribution >= 0.6 is 15.9 Å². The molecule has 1 atom stereocenters. The Morgan fingerprint density at radius 2 is 1.70 bits per heavy atom. The van der Waals surface area contributed by atoms with Gasteiger partial charge in [-0.25, -0.2) is 4.39 Å². The van der Waals surface area contributed by atoms with E-state index in [1.807, 2.05) is 30.3 Å². The van der Waals surface area contributed by atoms with Gasteiger partial charge in [-0.05, 0) is 28.6 Å². The minimum atomic E-state index is -0.277. The molecule has 3 aromatic carbocycles. The summed E-state index contributed by atoms with van der Waals surface area (Å²) in [5.41, 5.74) is 2.29. The molecule has 0 aromatic heterocycles. The monoisotopic (exact) mass is 369 g/mol. The summed E-state index contributed by atoms with van der Waals surface area (Å²) in [7, 11) is 0. The molecule has 1 amide bonds. The number of anilines is 1. The van der Waals surface area contributed by atoms with Gasteiger partial charge in [-0.3, -0.25) is 4.79 Å². The van der Waals surface area contributed by atoms with Crippen LogP contribution in [0.5, 0.6) is 0 Å². The Kier molecular flexibility index (Phi) is 3.42. The molecule has 4 heteroatoms.